The van der Waals surface area contributed by atoms with E-state index in [1.54, 1.807) is 6.08 Å². The average molecular weight is 210 g/mol. The van der Waals surface area contributed by atoms with Crippen molar-refractivity contribution in [1.82, 2.24) is 4.90 Å². The Kier molecular flexibility index (Phi) is 4.82. The third-order valence-electron chi connectivity index (χ3n) is 3.12. The lowest BCUT2D eigenvalue weighted by Gasteiger charge is -2.34. The maximum absolute atomic E-state index is 11.8. The molecule has 0 aromatic heterocycles. The molecule has 2 N–H and O–H groups in total. The van der Waals surface area contributed by atoms with Crippen molar-refractivity contribution in [3.05, 3.63) is 12.7 Å². The summed E-state index contributed by atoms with van der Waals surface area (Å²) >= 11 is 0. The maximum atomic E-state index is 11.8. The molecule has 2 unspecified atom stereocenters. The van der Waals surface area contributed by atoms with Crippen LogP contribution in [0.1, 0.15) is 32.6 Å². The van der Waals surface area contributed by atoms with E-state index in [1.165, 1.54) is 0 Å². The molecule has 2 atom stereocenters. The van der Waals surface area contributed by atoms with Gasteiger partial charge in [-0.3, -0.25) is 4.79 Å². The molecule has 0 aromatic rings. The summed E-state index contributed by atoms with van der Waals surface area (Å²) < 4.78 is 0. The van der Waals surface area contributed by atoms with Crippen molar-refractivity contribution in [2.45, 2.75) is 38.6 Å². The molecule has 3 heteroatoms. The monoisotopic (exact) mass is 210 g/mol. The van der Waals surface area contributed by atoms with Gasteiger partial charge in [0.2, 0.25) is 5.91 Å². The highest BCUT2D eigenvalue weighted by Gasteiger charge is 2.25. The van der Waals surface area contributed by atoms with Crippen LogP contribution in [0.25, 0.3) is 0 Å². The Bertz CT molecular complexity index is 226. The standard InChI is InChI=1S/C12H22N2O/c1-3-4-7-12(15)14-8-5-6-11(9-14)10(2)13/h3,10-11H,1,4-9,13H2,2H3. The summed E-state index contributed by atoms with van der Waals surface area (Å²) in [5.41, 5.74) is 5.88. The topological polar surface area (TPSA) is 46.3 Å². The minimum atomic E-state index is 0.194. The summed E-state index contributed by atoms with van der Waals surface area (Å²) in [6, 6.07) is 0.194. The van der Waals surface area contributed by atoms with Crippen molar-refractivity contribution in [3.63, 3.8) is 0 Å². The Morgan fingerprint density at radius 1 is 1.73 bits per heavy atom. The Balaban J connectivity index is 2.41. The fraction of sp³-hybridized carbons (Fsp3) is 0.750. The third kappa shape index (κ3) is 3.67. The molecule has 0 spiro atoms. The van der Waals surface area contributed by atoms with Crippen LogP contribution in [0.5, 0.6) is 0 Å². The number of rotatable bonds is 4. The number of carbonyl (C=O) groups is 1. The third-order valence-corrected chi connectivity index (χ3v) is 3.12. The largest absolute Gasteiger partial charge is 0.342 e. The molecule has 15 heavy (non-hydrogen) atoms. The van der Waals surface area contributed by atoms with Crippen LogP contribution in [-0.4, -0.2) is 29.9 Å². The van der Waals surface area contributed by atoms with Gasteiger partial charge in [0.25, 0.3) is 0 Å². The SMILES string of the molecule is C=CCCC(=O)N1CCCC(C(C)N)C1. The second kappa shape index (κ2) is 5.91. The Labute approximate surface area is 92.3 Å². The van der Waals surface area contributed by atoms with E-state index in [-0.39, 0.29) is 11.9 Å². The first kappa shape index (κ1) is 12.2. The lowest BCUT2D eigenvalue weighted by molar-refractivity contribution is -0.133. The highest BCUT2D eigenvalue weighted by molar-refractivity contribution is 5.76. The molecule has 3 nitrogen and oxygen atoms in total. The van der Waals surface area contributed by atoms with E-state index in [0.29, 0.717) is 12.3 Å². The van der Waals surface area contributed by atoms with Gasteiger partial charge in [0, 0.05) is 25.6 Å². The number of nitrogens with two attached hydrogens (primary N) is 1. The molecule has 1 aliphatic rings. The molecular weight excluding hydrogens is 188 g/mol. The molecule has 0 saturated carbocycles. The first-order valence-electron chi connectivity index (χ1n) is 5.79. The first-order chi connectivity index (χ1) is 7.15. The normalized spacial score (nSPS) is 23.6. The van der Waals surface area contributed by atoms with Crippen LogP contribution in [0, 0.1) is 5.92 Å². The summed E-state index contributed by atoms with van der Waals surface area (Å²) in [4.78, 5) is 13.7. The Morgan fingerprint density at radius 3 is 3.07 bits per heavy atom. The van der Waals surface area contributed by atoms with Gasteiger partial charge < -0.3 is 10.6 Å². The number of likely N-dealkylation sites (tertiary alicyclic amines) is 1. The zero-order valence-electron chi connectivity index (χ0n) is 9.61. The highest BCUT2D eigenvalue weighted by Crippen LogP contribution is 2.19. The van der Waals surface area contributed by atoms with Crippen molar-refractivity contribution < 1.29 is 4.79 Å². The Morgan fingerprint density at radius 2 is 2.47 bits per heavy atom. The molecule has 86 valence electrons. The van der Waals surface area contributed by atoms with Crippen LogP contribution in [-0.2, 0) is 4.79 Å². The smallest absolute Gasteiger partial charge is 0.222 e. The average Bonchev–Trinajstić information content (AvgIpc) is 2.26. The van der Waals surface area contributed by atoms with Crippen molar-refractivity contribution in [1.29, 1.82) is 0 Å². The predicted octanol–water partition coefficient (Wildman–Crippen LogP) is 1.54. The zero-order valence-corrected chi connectivity index (χ0v) is 9.61. The minimum absolute atomic E-state index is 0.194. The van der Waals surface area contributed by atoms with E-state index in [0.717, 1.165) is 32.4 Å². The van der Waals surface area contributed by atoms with E-state index in [2.05, 4.69) is 6.58 Å². The van der Waals surface area contributed by atoms with Crippen LogP contribution in [0.4, 0.5) is 0 Å². The number of amides is 1. The molecule has 1 fully saturated rings. The predicted molar refractivity (Wildman–Crippen MR) is 62.4 cm³/mol. The molecule has 0 aliphatic carbocycles. The zero-order chi connectivity index (χ0) is 11.3. The van der Waals surface area contributed by atoms with Gasteiger partial charge >= 0.3 is 0 Å². The Hall–Kier alpha value is -0.830. The van der Waals surface area contributed by atoms with Gasteiger partial charge in [0.15, 0.2) is 0 Å². The van der Waals surface area contributed by atoms with Crippen LogP contribution in [0.2, 0.25) is 0 Å². The highest BCUT2D eigenvalue weighted by atomic mass is 16.2. The molecule has 1 heterocycles. The van der Waals surface area contributed by atoms with Gasteiger partial charge in [-0.1, -0.05) is 6.08 Å². The van der Waals surface area contributed by atoms with E-state index in [1.807, 2.05) is 11.8 Å². The second-order valence-corrected chi connectivity index (χ2v) is 4.43. The van der Waals surface area contributed by atoms with Crippen LogP contribution >= 0.6 is 0 Å². The van der Waals surface area contributed by atoms with Gasteiger partial charge in [0.1, 0.15) is 0 Å². The molecule has 0 radical (unpaired) electrons. The number of carbonyl (C=O) groups excluding carboxylic acids is 1. The lowest BCUT2D eigenvalue weighted by Crippen LogP contribution is -2.44. The number of piperidine rings is 1. The summed E-state index contributed by atoms with van der Waals surface area (Å²) in [6.45, 7) is 7.40. The van der Waals surface area contributed by atoms with Crippen LogP contribution < -0.4 is 5.73 Å². The second-order valence-electron chi connectivity index (χ2n) is 4.43. The van der Waals surface area contributed by atoms with Gasteiger partial charge in [0.05, 0.1) is 0 Å². The minimum Gasteiger partial charge on any atom is -0.342 e. The molecule has 0 bridgehead atoms. The molecule has 1 amide bonds. The summed E-state index contributed by atoms with van der Waals surface area (Å²) in [7, 11) is 0. The van der Waals surface area contributed by atoms with Crippen molar-refractivity contribution in [2.75, 3.05) is 13.1 Å². The molecule has 1 aliphatic heterocycles. The van der Waals surface area contributed by atoms with E-state index in [4.69, 9.17) is 5.73 Å². The lowest BCUT2D eigenvalue weighted by atomic mass is 9.92. The van der Waals surface area contributed by atoms with Crippen LogP contribution in [0.3, 0.4) is 0 Å². The van der Waals surface area contributed by atoms with Crippen molar-refractivity contribution in [3.8, 4) is 0 Å². The fourth-order valence-electron chi connectivity index (χ4n) is 2.05. The van der Waals surface area contributed by atoms with E-state index < -0.39 is 0 Å². The number of nitrogens with zero attached hydrogens (tertiary/aromatic N) is 1. The quantitative estimate of drug-likeness (QED) is 0.715. The molecular formula is C12H22N2O. The molecule has 1 rings (SSSR count). The van der Waals surface area contributed by atoms with Gasteiger partial charge in [-0.25, -0.2) is 0 Å². The van der Waals surface area contributed by atoms with E-state index >= 15 is 0 Å². The van der Waals surface area contributed by atoms with Crippen molar-refractivity contribution in [2.24, 2.45) is 11.7 Å². The van der Waals surface area contributed by atoms with Gasteiger partial charge in [-0.05, 0) is 32.1 Å². The first-order valence-corrected chi connectivity index (χ1v) is 5.79. The van der Waals surface area contributed by atoms with Gasteiger partial charge in [-0.2, -0.15) is 0 Å². The van der Waals surface area contributed by atoms with Crippen molar-refractivity contribution >= 4 is 5.91 Å². The summed E-state index contributed by atoms with van der Waals surface area (Å²) in [5, 5.41) is 0. The number of hydrogen-bond acceptors (Lipinski definition) is 2. The molecule has 0 aromatic carbocycles. The fourth-order valence-corrected chi connectivity index (χ4v) is 2.05. The van der Waals surface area contributed by atoms with Gasteiger partial charge in [-0.15, -0.1) is 6.58 Å². The summed E-state index contributed by atoms with van der Waals surface area (Å²) in [5.74, 6) is 0.728. The van der Waals surface area contributed by atoms with E-state index in [9.17, 15) is 4.79 Å². The number of hydrogen-bond donors (Lipinski definition) is 1. The summed E-state index contributed by atoms with van der Waals surface area (Å²) in [6.07, 6.45) is 5.41. The van der Waals surface area contributed by atoms with Crippen LogP contribution in [0.15, 0.2) is 12.7 Å². The number of allylic oxidation sites excluding steroid dienone is 1. The molecule has 1 saturated heterocycles. The maximum Gasteiger partial charge on any atom is 0.222 e.